The van der Waals surface area contributed by atoms with Crippen LogP contribution < -0.4 is 11.1 Å². The Bertz CT molecular complexity index is 389. The van der Waals surface area contributed by atoms with Crippen molar-refractivity contribution in [3.05, 3.63) is 24.0 Å². The van der Waals surface area contributed by atoms with Gasteiger partial charge in [-0.25, -0.2) is 4.39 Å². The second-order valence-corrected chi connectivity index (χ2v) is 5.23. The van der Waals surface area contributed by atoms with E-state index >= 15 is 0 Å². The third kappa shape index (κ3) is 3.60. The summed E-state index contributed by atoms with van der Waals surface area (Å²) < 4.78 is 12.9. The number of hydrogen-bond acceptors (Lipinski definition) is 3. The van der Waals surface area contributed by atoms with Crippen LogP contribution in [0.1, 0.15) is 19.8 Å². The monoisotopic (exact) mass is 251 g/mol. The first-order chi connectivity index (χ1) is 8.65. The van der Waals surface area contributed by atoms with E-state index in [0.29, 0.717) is 11.6 Å². The summed E-state index contributed by atoms with van der Waals surface area (Å²) in [7, 11) is 0. The second-order valence-electron chi connectivity index (χ2n) is 5.23. The van der Waals surface area contributed by atoms with Crippen LogP contribution in [0.25, 0.3) is 0 Å². The van der Waals surface area contributed by atoms with Crippen LogP contribution in [0.4, 0.5) is 15.8 Å². The summed E-state index contributed by atoms with van der Waals surface area (Å²) in [6, 6.07) is 4.49. The summed E-state index contributed by atoms with van der Waals surface area (Å²) in [5.74, 6) is 0.274. The minimum absolute atomic E-state index is 0.289. The van der Waals surface area contributed by atoms with Crippen molar-refractivity contribution in [2.24, 2.45) is 5.92 Å². The van der Waals surface area contributed by atoms with E-state index in [4.69, 9.17) is 5.73 Å². The molecule has 1 unspecified atom stereocenters. The average Bonchev–Trinajstić information content (AvgIpc) is 2.80. The van der Waals surface area contributed by atoms with Gasteiger partial charge in [-0.3, -0.25) is 0 Å². The van der Waals surface area contributed by atoms with Crippen molar-refractivity contribution in [1.29, 1.82) is 0 Å². The minimum atomic E-state index is -0.289. The van der Waals surface area contributed by atoms with Gasteiger partial charge in [0.05, 0.1) is 11.4 Å². The van der Waals surface area contributed by atoms with E-state index in [2.05, 4.69) is 17.1 Å². The number of rotatable bonds is 5. The molecule has 0 bridgehead atoms. The van der Waals surface area contributed by atoms with E-state index < -0.39 is 0 Å². The van der Waals surface area contributed by atoms with Gasteiger partial charge in [-0.1, -0.05) is 6.92 Å². The molecule has 1 atom stereocenters. The number of nitrogens with two attached hydrogens (primary N) is 1. The maximum absolute atomic E-state index is 12.9. The quantitative estimate of drug-likeness (QED) is 0.790. The Kier molecular flexibility index (Phi) is 4.42. The normalized spacial score (nSPS) is 17.9. The van der Waals surface area contributed by atoms with Crippen molar-refractivity contribution in [1.82, 2.24) is 4.90 Å². The first-order valence-electron chi connectivity index (χ1n) is 6.66. The largest absolute Gasteiger partial charge is 0.397 e. The fraction of sp³-hybridized carbons (Fsp3) is 0.571. The van der Waals surface area contributed by atoms with Gasteiger partial charge in [0.25, 0.3) is 0 Å². The highest BCUT2D eigenvalue weighted by Crippen LogP contribution is 2.19. The number of likely N-dealkylation sites (tertiary alicyclic amines) is 1. The molecule has 2 rings (SSSR count). The number of anilines is 2. The molecule has 3 nitrogen and oxygen atoms in total. The Balaban J connectivity index is 1.79. The van der Waals surface area contributed by atoms with E-state index in [0.717, 1.165) is 18.8 Å². The molecule has 1 fully saturated rings. The molecule has 1 heterocycles. The Morgan fingerprint density at radius 3 is 2.78 bits per heavy atom. The number of benzene rings is 1. The van der Waals surface area contributed by atoms with E-state index in [-0.39, 0.29) is 5.82 Å². The van der Waals surface area contributed by atoms with Crippen LogP contribution in [0.5, 0.6) is 0 Å². The number of nitrogens with one attached hydrogen (secondary N) is 1. The Labute approximate surface area is 108 Å². The van der Waals surface area contributed by atoms with E-state index in [1.807, 2.05) is 0 Å². The number of halogens is 1. The molecule has 1 aliphatic rings. The molecule has 18 heavy (non-hydrogen) atoms. The van der Waals surface area contributed by atoms with Gasteiger partial charge in [0, 0.05) is 13.1 Å². The van der Waals surface area contributed by atoms with Gasteiger partial charge in [0.2, 0.25) is 0 Å². The SMILES string of the molecule is CC(CNc1ccc(F)cc1N)CN1CCCC1. The molecular formula is C14H22FN3. The van der Waals surface area contributed by atoms with Gasteiger partial charge < -0.3 is 16.0 Å². The molecule has 4 heteroatoms. The molecule has 0 radical (unpaired) electrons. The lowest BCUT2D eigenvalue weighted by molar-refractivity contribution is 0.294. The summed E-state index contributed by atoms with van der Waals surface area (Å²) in [5.41, 5.74) is 7.06. The van der Waals surface area contributed by atoms with Crippen LogP contribution in [-0.4, -0.2) is 31.1 Å². The summed E-state index contributed by atoms with van der Waals surface area (Å²) in [5, 5.41) is 3.30. The van der Waals surface area contributed by atoms with Crippen LogP contribution in [-0.2, 0) is 0 Å². The summed E-state index contributed by atoms with van der Waals surface area (Å²) in [6.45, 7) is 6.66. The summed E-state index contributed by atoms with van der Waals surface area (Å²) in [6.07, 6.45) is 2.65. The first kappa shape index (κ1) is 13.1. The highest BCUT2D eigenvalue weighted by molar-refractivity contribution is 5.65. The van der Waals surface area contributed by atoms with Crippen LogP contribution >= 0.6 is 0 Å². The molecular weight excluding hydrogens is 229 g/mol. The lowest BCUT2D eigenvalue weighted by Gasteiger charge is -2.21. The highest BCUT2D eigenvalue weighted by Gasteiger charge is 2.14. The summed E-state index contributed by atoms with van der Waals surface area (Å²) in [4.78, 5) is 2.50. The highest BCUT2D eigenvalue weighted by atomic mass is 19.1. The van der Waals surface area contributed by atoms with Gasteiger partial charge in [0.1, 0.15) is 5.82 Å². The van der Waals surface area contributed by atoms with Crippen molar-refractivity contribution in [2.45, 2.75) is 19.8 Å². The van der Waals surface area contributed by atoms with Crippen molar-refractivity contribution >= 4 is 11.4 Å². The number of nitrogen functional groups attached to an aromatic ring is 1. The van der Waals surface area contributed by atoms with Gasteiger partial charge in [0.15, 0.2) is 0 Å². The third-order valence-electron chi connectivity index (χ3n) is 3.42. The first-order valence-corrected chi connectivity index (χ1v) is 6.66. The standard InChI is InChI=1S/C14H22FN3/c1-11(10-18-6-2-3-7-18)9-17-14-5-4-12(15)8-13(14)16/h4-5,8,11,17H,2-3,6-7,9-10,16H2,1H3. The lowest BCUT2D eigenvalue weighted by atomic mass is 10.1. The molecule has 0 aromatic heterocycles. The van der Waals surface area contributed by atoms with Crippen LogP contribution in [0.2, 0.25) is 0 Å². The zero-order chi connectivity index (χ0) is 13.0. The van der Waals surface area contributed by atoms with Gasteiger partial charge >= 0.3 is 0 Å². The molecule has 1 aliphatic heterocycles. The predicted molar refractivity (Wildman–Crippen MR) is 74.1 cm³/mol. The van der Waals surface area contributed by atoms with Gasteiger partial charge in [-0.15, -0.1) is 0 Å². The zero-order valence-electron chi connectivity index (χ0n) is 11.0. The van der Waals surface area contributed by atoms with Crippen LogP contribution in [0, 0.1) is 11.7 Å². The van der Waals surface area contributed by atoms with Crippen molar-refractivity contribution in [2.75, 3.05) is 37.2 Å². The molecule has 1 aromatic carbocycles. The third-order valence-corrected chi connectivity index (χ3v) is 3.42. The minimum Gasteiger partial charge on any atom is -0.397 e. The average molecular weight is 251 g/mol. The fourth-order valence-electron chi connectivity index (χ4n) is 2.45. The number of nitrogens with zero attached hydrogens (tertiary/aromatic N) is 1. The molecule has 0 saturated carbocycles. The lowest BCUT2D eigenvalue weighted by Crippen LogP contribution is -2.29. The van der Waals surface area contributed by atoms with Gasteiger partial charge in [-0.2, -0.15) is 0 Å². The molecule has 0 amide bonds. The van der Waals surface area contributed by atoms with Crippen molar-refractivity contribution in [3.63, 3.8) is 0 Å². The van der Waals surface area contributed by atoms with E-state index in [1.165, 1.54) is 38.1 Å². The Morgan fingerprint density at radius 1 is 1.39 bits per heavy atom. The topological polar surface area (TPSA) is 41.3 Å². The Morgan fingerprint density at radius 2 is 2.11 bits per heavy atom. The fourth-order valence-corrected chi connectivity index (χ4v) is 2.45. The van der Waals surface area contributed by atoms with Gasteiger partial charge in [-0.05, 0) is 50.0 Å². The van der Waals surface area contributed by atoms with E-state index in [9.17, 15) is 4.39 Å². The Hall–Kier alpha value is -1.29. The molecule has 100 valence electrons. The van der Waals surface area contributed by atoms with Crippen molar-refractivity contribution in [3.8, 4) is 0 Å². The molecule has 0 aliphatic carbocycles. The molecule has 3 N–H and O–H groups in total. The second kappa shape index (κ2) is 6.05. The summed E-state index contributed by atoms with van der Waals surface area (Å²) >= 11 is 0. The van der Waals surface area contributed by atoms with Crippen LogP contribution in [0.15, 0.2) is 18.2 Å². The van der Waals surface area contributed by atoms with Crippen LogP contribution in [0.3, 0.4) is 0 Å². The maximum atomic E-state index is 12.9. The molecule has 1 saturated heterocycles. The zero-order valence-corrected chi connectivity index (χ0v) is 11.0. The number of hydrogen-bond donors (Lipinski definition) is 2. The maximum Gasteiger partial charge on any atom is 0.125 e. The smallest absolute Gasteiger partial charge is 0.125 e. The van der Waals surface area contributed by atoms with E-state index in [1.54, 1.807) is 6.07 Å². The molecule has 1 aromatic rings. The molecule has 0 spiro atoms. The van der Waals surface area contributed by atoms with Crippen molar-refractivity contribution < 1.29 is 4.39 Å². The predicted octanol–water partition coefficient (Wildman–Crippen LogP) is 2.55.